The van der Waals surface area contributed by atoms with Crippen molar-refractivity contribution in [2.75, 3.05) is 5.75 Å². The van der Waals surface area contributed by atoms with Gasteiger partial charge in [-0.1, -0.05) is 29.4 Å². The molecule has 0 N–H and O–H groups in total. The molecule has 0 aliphatic rings. The molecule has 2 rings (SSSR count). The lowest BCUT2D eigenvalue weighted by atomic mass is 10.3. The number of thioether (sulfide) groups is 1. The highest BCUT2D eigenvalue weighted by Gasteiger charge is 2.06. The molecule has 6 heteroatoms. The summed E-state index contributed by atoms with van der Waals surface area (Å²) >= 11 is 7.24. The quantitative estimate of drug-likeness (QED) is 0.786. The zero-order valence-corrected chi connectivity index (χ0v) is 9.74. The number of benzene rings is 1. The predicted octanol–water partition coefficient (Wildman–Crippen LogP) is 2.54. The molecule has 2 aromatic rings. The van der Waals surface area contributed by atoms with Gasteiger partial charge in [0.15, 0.2) is 5.16 Å². The number of aromatic nitrogens is 3. The van der Waals surface area contributed by atoms with Gasteiger partial charge in [0.05, 0.1) is 17.5 Å². The fraction of sp³-hybridized carbons (Fsp3) is 0.100. The molecule has 1 heterocycles. The van der Waals surface area contributed by atoms with Crippen LogP contribution in [0.15, 0.2) is 35.7 Å². The van der Waals surface area contributed by atoms with Crippen molar-refractivity contribution in [3.63, 3.8) is 0 Å². The van der Waals surface area contributed by atoms with Crippen molar-refractivity contribution in [2.45, 2.75) is 5.16 Å². The number of nitrogens with zero attached hydrogens (tertiary/aromatic N) is 4. The second-order valence-corrected chi connectivity index (χ2v) is 4.29. The molecule has 0 fully saturated rings. The van der Waals surface area contributed by atoms with Crippen LogP contribution in [0.25, 0.3) is 5.69 Å². The first-order chi connectivity index (χ1) is 7.81. The van der Waals surface area contributed by atoms with Crippen molar-refractivity contribution in [3.8, 4) is 11.8 Å². The van der Waals surface area contributed by atoms with Crippen LogP contribution in [0, 0.1) is 11.3 Å². The summed E-state index contributed by atoms with van der Waals surface area (Å²) in [5, 5.41) is 17.6. The highest BCUT2D eigenvalue weighted by Crippen LogP contribution is 2.20. The first-order valence-electron chi connectivity index (χ1n) is 4.47. The van der Waals surface area contributed by atoms with E-state index in [0.717, 1.165) is 5.69 Å². The van der Waals surface area contributed by atoms with Crippen molar-refractivity contribution < 1.29 is 0 Å². The molecule has 1 aromatic heterocycles. The molecule has 0 bridgehead atoms. The summed E-state index contributed by atoms with van der Waals surface area (Å²) in [6, 6.07) is 9.44. The Bertz CT molecular complexity index is 532. The van der Waals surface area contributed by atoms with Crippen molar-refractivity contribution >= 4 is 23.4 Å². The minimum Gasteiger partial charge on any atom is -0.277 e. The van der Waals surface area contributed by atoms with Crippen LogP contribution in [0.3, 0.4) is 0 Å². The minimum absolute atomic E-state index is 0.346. The van der Waals surface area contributed by atoms with Crippen LogP contribution >= 0.6 is 23.4 Å². The summed E-state index contributed by atoms with van der Waals surface area (Å²) in [6.07, 6.45) is 1.60. The van der Waals surface area contributed by atoms with Crippen molar-refractivity contribution in [1.82, 2.24) is 14.8 Å². The monoisotopic (exact) mass is 250 g/mol. The Hall–Kier alpha value is -1.51. The van der Waals surface area contributed by atoms with Crippen LogP contribution in [-0.4, -0.2) is 20.5 Å². The molecule has 80 valence electrons. The summed E-state index contributed by atoms with van der Waals surface area (Å²) in [7, 11) is 0. The van der Waals surface area contributed by atoms with E-state index in [-0.39, 0.29) is 0 Å². The molecule has 0 saturated carbocycles. The van der Waals surface area contributed by atoms with Gasteiger partial charge in [-0.3, -0.25) is 4.57 Å². The molecule has 16 heavy (non-hydrogen) atoms. The summed E-state index contributed by atoms with van der Waals surface area (Å²) in [6.45, 7) is 0. The fourth-order valence-corrected chi connectivity index (χ4v) is 2.00. The normalized spacial score (nSPS) is 10.0. The first kappa shape index (κ1) is 11.0. The largest absolute Gasteiger partial charge is 0.277 e. The van der Waals surface area contributed by atoms with E-state index in [1.165, 1.54) is 11.8 Å². The van der Waals surface area contributed by atoms with Gasteiger partial charge < -0.3 is 0 Å². The third-order valence-corrected chi connectivity index (χ3v) is 2.91. The molecule has 0 atom stereocenters. The van der Waals surface area contributed by atoms with E-state index in [2.05, 4.69) is 16.3 Å². The molecule has 0 aliphatic heterocycles. The lowest BCUT2D eigenvalue weighted by Gasteiger charge is -2.04. The second-order valence-electron chi connectivity index (χ2n) is 2.91. The Morgan fingerprint density at radius 2 is 2.38 bits per heavy atom. The summed E-state index contributed by atoms with van der Waals surface area (Å²) in [4.78, 5) is 0. The van der Waals surface area contributed by atoms with Crippen LogP contribution in [0.5, 0.6) is 0 Å². The average molecular weight is 251 g/mol. The van der Waals surface area contributed by atoms with Crippen LogP contribution < -0.4 is 0 Å². The smallest absolute Gasteiger partial charge is 0.196 e. The van der Waals surface area contributed by atoms with Gasteiger partial charge in [0.1, 0.15) is 6.33 Å². The van der Waals surface area contributed by atoms with E-state index >= 15 is 0 Å². The van der Waals surface area contributed by atoms with Gasteiger partial charge in [-0.2, -0.15) is 5.26 Å². The number of halogens is 1. The van der Waals surface area contributed by atoms with Crippen LogP contribution in [0.2, 0.25) is 5.02 Å². The van der Waals surface area contributed by atoms with Crippen molar-refractivity contribution in [1.29, 1.82) is 5.26 Å². The van der Waals surface area contributed by atoms with Gasteiger partial charge in [-0.05, 0) is 18.2 Å². The highest BCUT2D eigenvalue weighted by molar-refractivity contribution is 7.99. The molecule has 0 saturated heterocycles. The summed E-state index contributed by atoms with van der Waals surface area (Å²) in [5.74, 6) is 0.346. The highest BCUT2D eigenvalue weighted by atomic mass is 35.5. The average Bonchev–Trinajstić information content (AvgIpc) is 2.74. The molecule has 0 spiro atoms. The Morgan fingerprint density at radius 1 is 1.50 bits per heavy atom. The third-order valence-electron chi connectivity index (χ3n) is 1.87. The van der Waals surface area contributed by atoms with Gasteiger partial charge in [-0.25, -0.2) is 0 Å². The van der Waals surface area contributed by atoms with Gasteiger partial charge in [0.25, 0.3) is 0 Å². The Morgan fingerprint density at radius 3 is 3.12 bits per heavy atom. The van der Waals surface area contributed by atoms with E-state index in [0.29, 0.717) is 15.9 Å². The lowest BCUT2D eigenvalue weighted by Crippen LogP contribution is -1.94. The molecular formula is C10H7ClN4S. The van der Waals surface area contributed by atoms with Gasteiger partial charge in [0, 0.05) is 5.02 Å². The van der Waals surface area contributed by atoms with Gasteiger partial charge >= 0.3 is 0 Å². The SMILES string of the molecule is N#CCSc1nncn1-c1cccc(Cl)c1. The third kappa shape index (κ3) is 2.35. The maximum atomic E-state index is 8.52. The molecule has 0 unspecified atom stereocenters. The first-order valence-corrected chi connectivity index (χ1v) is 5.83. The van der Waals surface area contributed by atoms with E-state index in [1.54, 1.807) is 17.0 Å². The van der Waals surface area contributed by atoms with Crippen LogP contribution in [0.1, 0.15) is 0 Å². The van der Waals surface area contributed by atoms with Crippen LogP contribution in [-0.2, 0) is 0 Å². The second kappa shape index (κ2) is 5.01. The Labute approximate surface area is 102 Å². The number of rotatable bonds is 3. The zero-order valence-electron chi connectivity index (χ0n) is 8.17. The number of nitriles is 1. The predicted molar refractivity (Wildman–Crippen MR) is 62.7 cm³/mol. The summed E-state index contributed by atoms with van der Waals surface area (Å²) < 4.78 is 1.80. The van der Waals surface area contributed by atoms with E-state index in [4.69, 9.17) is 16.9 Å². The lowest BCUT2D eigenvalue weighted by molar-refractivity contribution is 0.885. The molecular weight excluding hydrogens is 244 g/mol. The van der Waals surface area contributed by atoms with E-state index < -0.39 is 0 Å². The fourth-order valence-electron chi connectivity index (χ4n) is 1.22. The van der Waals surface area contributed by atoms with Crippen molar-refractivity contribution in [2.24, 2.45) is 0 Å². The Balaban J connectivity index is 2.34. The number of hydrogen-bond acceptors (Lipinski definition) is 4. The van der Waals surface area contributed by atoms with Gasteiger partial charge in [-0.15, -0.1) is 10.2 Å². The standard InChI is InChI=1S/C10H7ClN4S/c11-8-2-1-3-9(6-8)15-7-13-14-10(15)16-5-4-12/h1-3,6-7H,5H2. The molecule has 1 aromatic carbocycles. The molecule has 0 amide bonds. The minimum atomic E-state index is 0.346. The molecule has 0 aliphatic carbocycles. The van der Waals surface area contributed by atoms with Crippen molar-refractivity contribution in [3.05, 3.63) is 35.6 Å². The van der Waals surface area contributed by atoms with E-state index in [9.17, 15) is 0 Å². The maximum Gasteiger partial charge on any atom is 0.196 e. The molecule has 0 radical (unpaired) electrons. The van der Waals surface area contributed by atoms with Crippen LogP contribution in [0.4, 0.5) is 0 Å². The molecule has 4 nitrogen and oxygen atoms in total. The number of hydrogen-bond donors (Lipinski definition) is 0. The van der Waals surface area contributed by atoms with Gasteiger partial charge in [0.2, 0.25) is 0 Å². The topological polar surface area (TPSA) is 54.5 Å². The van der Waals surface area contributed by atoms with E-state index in [1.807, 2.05) is 18.2 Å². The maximum absolute atomic E-state index is 8.52. The Kier molecular flexibility index (Phi) is 3.44. The zero-order chi connectivity index (χ0) is 11.4. The summed E-state index contributed by atoms with van der Waals surface area (Å²) in [5.41, 5.74) is 0.887.